The number of aromatic nitrogens is 2. The summed E-state index contributed by atoms with van der Waals surface area (Å²) in [5.41, 5.74) is 2.79. The zero-order valence-corrected chi connectivity index (χ0v) is 17.5. The third-order valence-electron chi connectivity index (χ3n) is 5.56. The molecule has 0 unspecified atom stereocenters. The minimum absolute atomic E-state index is 0.236. The van der Waals surface area contributed by atoms with Crippen molar-refractivity contribution in [3.63, 3.8) is 0 Å². The van der Waals surface area contributed by atoms with Crippen LogP contribution in [0.1, 0.15) is 5.56 Å². The van der Waals surface area contributed by atoms with Gasteiger partial charge in [0, 0.05) is 25.3 Å². The summed E-state index contributed by atoms with van der Waals surface area (Å²) >= 11 is 0. The summed E-state index contributed by atoms with van der Waals surface area (Å²) in [5, 5.41) is 3.51. The van der Waals surface area contributed by atoms with Gasteiger partial charge in [0.1, 0.15) is 5.82 Å². The van der Waals surface area contributed by atoms with Crippen molar-refractivity contribution < 1.29 is 9.13 Å². The minimum atomic E-state index is -0.465. The van der Waals surface area contributed by atoms with Crippen LogP contribution in [0.3, 0.4) is 0 Å². The molecule has 1 aromatic heterocycles. The molecule has 1 aliphatic heterocycles. The standard InChI is InChI=1S/C25H23FN4O2/c26-19-8-11-23-22(16-19)24(31)30(21-4-2-1-3-5-21)25(28-23)27-20-9-6-18(7-10-20)17-29-12-14-32-15-13-29/h1-11,16H,12-15,17H2,(H,27,28). The molecule has 6 nitrogen and oxygen atoms in total. The largest absolute Gasteiger partial charge is 0.379 e. The molecule has 5 rings (SSSR count). The van der Waals surface area contributed by atoms with E-state index in [1.807, 2.05) is 42.5 Å². The summed E-state index contributed by atoms with van der Waals surface area (Å²) in [6, 6.07) is 21.4. The molecule has 7 heteroatoms. The maximum Gasteiger partial charge on any atom is 0.267 e. The second-order valence-corrected chi connectivity index (χ2v) is 7.78. The monoisotopic (exact) mass is 430 g/mol. The molecule has 32 heavy (non-hydrogen) atoms. The Morgan fingerprint density at radius 2 is 1.72 bits per heavy atom. The summed E-state index contributed by atoms with van der Waals surface area (Å²) in [7, 11) is 0. The fourth-order valence-electron chi connectivity index (χ4n) is 3.90. The molecule has 0 atom stereocenters. The smallest absolute Gasteiger partial charge is 0.267 e. The summed E-state index contributed by atoms with van der Waals surface area (Å²) in [4.78, 5) is 20.3. The van der Waals surface area contributed by atoms with E-state index in [0.717, 1.165) is 38.5 Å². The summed E-state index contributed by atoms with van der Waals surface area (Å²) in [6.45, 7) is 4.29. The Morgan fingerprint density at radius 1 is 0.969 bits per heavy atom. The molecule has 1 fully saturated rings. The van der Waals surface area contributed by atoms with E-state index in [2.05, 4.69) is 27.3 Å². The van der Waals surface area contributed by atoms with Crippen molar-refractivity contribution in [2.24, 2.45) is 0 Å². The molecule has 3 aromatic carbocycles. The fourth-order valence-corrected chi connectivity index (χ4v) is 3.90. The average molecular weight is 430 g/mol. The van der Waals surface area contributed by atoms with Gasteiger partial charge in [0.15, 0.2) is 0 Å². The third kappa shape index (κ3) is 4.26. The van der Waals surface area contributed by atoms with E-state index in [0.29, 0.717) is 17.2 Å². The Kier molecular flexibility index (Phi) is 5.66. The van der Waals surface area contributed by atoms with Gasteiger partial charge < -0.3 is 10.1 Å². The van der Waals surface area contributed by atoms with Gasteiger partial charge in [-0.2, -0.15) is 0 Å². The highest BCUT2D eigenvalue weighted by molar-refractivity contribution is 5.80. The lowest BCUT2D eigenvalue weighted by atomic mass is 10.2. The van der Waals surface area contributed by atoms with Gasteiger partial charge in [0.25, 0.3) is 5.56 Å². The molecule has 162 valence electrons. The van der Waals surface area contributed by atoms with Gasteiger partial charge in [-0.05, 0) is 48.0 Å². The normalized spacial score (nSPS) is 14.5. The zero-order valence-electron chi connectivity index (χ0n) is 17.5. The van der Waals surface area contributed by atoms with Gasteiger partial charge in [0.2, 0.25) is 5.95 Å². The number of benzene rings is 3. The lowest BCUT2D eigenvalue weighted by Crippen LogP contribution is -2.35. The molecule has 0 aliphatic carbocycles. The van der Waals surface area contributed by atoms with E-state index in [4.69, 9.17) is 4.74 Å². The summed E-state index contributed by atoms with van der Waals surface area (Å²) in [6.07, 6.45) is 0. The second kappa shape index (κ2) is 8.90. The SMILES string of the molecule is O=c1c2cc(F)ccc2nc(Nc2ccc(CN3CCOCC3)cc2)n1-c1ccccc1. The minimum Gasteiger partial charge on any atom is -0.379 e. The number of halogens is 1. The highest BCUT2D eigenvalue weighted by Crippen LogP contribution is 2.21. The van der Waals surface area contributed by atoms with Crippen LogP contribution in [0.2, 0.25) is 0 Å². The topological polar surface area (TPSA) is 59.4 Å². The van der Waals surface area contributed by atoms with Crippen molar-refractivity contribution in [1.82, 2.24) is 14.5 Å². The van der Waals surface area contributed by atoms with E-state index in [1.165, 1.54) is 28.3 Å². The van der Waals surface area contributed by atoms with Crippen LogP contribution in [0.4, 0.5) is 16.0 Å². The number of fused-ring (bicyclic) bond motifs is 1. The van der Waals surface area contributed by atoms with Crippen LogP contribution in [0.15, 0.2) is 77.6 Å². The maximum atomic E-state index is 13.8. The van der Waals surface area contributed by atoms with Crippen LogP contribution in [-0.4, -0.2) is 40.8 Å². The van der Waals surface area contributed by atoms with Crippen LogP contribution in [-0.2, 0) is 11.3 Å². The fraction of sp³-hybridized carbons (Fsp3) is 0.200. The van der Waals surface area contributed by atoms with E-state index in [-0.39, 0.29) is 10.9 Å². The predicted octanol–water partition coefficient (Wildman–Crippen LogP) is 4.10. The quantitative estimate of drug-likeness (QED) is 0.517. The molecular weight excluding hydrogens is 407 g/mol. The van der Waals surface area contributed by atoms with E-state index in [9.17, 15) is 9.18 Å². The van der Waals surface area contributed by atoms with Crippen molar-refractivity contribution in [3.05, 3.63) is 94.5 Å². The van der Waals surface area contributed by atoms with Gasteiger partial charge in [-0.3, -0.25) is 9.69 Å². The molecule has 1 saturated heterocycles. The molecule has 1 N–H and O–H groups in total. The third-order valence-corrected chi connectivity index (χ3v) is 5.56. The number of morpholine rings is 1. The van der Waals surface area contributed by atoms with Gasteiger partial charge >= 0.3 is 0 Å². The Hall–Kier alpha value is -3.55. The highest BCUT2D eigenvalue weighted by atomic mass is 19.1. The second-order valence-electron chi connectivity index (χ2n) is 7.78. The number of nitrogens with zero attached hydrogens (tertiary/aromatic N) is 3. The number of nitrogens with one attached hydrogen (secondary N) is 1. The van der Waals surface area contributed by atoms with Crippen LogP contribution in [0.5, 0.6) is 0 Å². The Labute approximate surface area is 184 Å². The zero-order chi connectivity index (χ0) is 21.9. The molecule has 0 saturated carbocycles. The van der Waals surface area contributed by atoms with Gasteiger partial charge in [-0.15, -0.1) is 0 Å². The molecule has 0 bridgehead atoms. The van der Waals surface area contributed by atoms with E-state index < -0.39 is 5.82 Å². The number of para-hydroxylation sites is 1. The van der Waals surface area contributed by atoms with Crippen LogP contribution < -0.4 is 10.9 Å². The van der Waals surface area contributed by atoms with Gasteiger partial charge in [-0.1, -0.05) is 30.3 Å². The average Bonchev–Trinajstić information content (AvgIpc) is 2.82. The molecule has 0 amide bonds. The molecule has 4 aromatic rings. The Morgan fingerprint density at radius 3 is 2.47 bits per heavy atom. The van der Waals surface area contributed by atoms with Crippen LogP contribution in [0, 0.1) is 5.82 Å². The Balaban J connectivity index is 1.49. The lowest BCUT2D eigenvalue weighted by molar-refractivity contribution is 0.0342. The Bertz CT molecular complexity index is 1280. The summed E-state index contributed by atoms with van der Waals surface area (Å²) in [5.74, 6) is -0.0891. The first kappa shape index (κ1) is 20.4. The van der Waals surface area contributed by atoms with E-state index >= 15 is 0 Å². The molecule has 0 radical (unpaired) electrons. The lowest BCUT2D eigenvalue weighted by Gasteiger charge is -2.26. The van der Waals surface area contributed by atoms with Crippen LogP contribution >= 0.6 is 0 Å². The molecule has 2 heterocycles. The molecule has 1 aliphatic rings. The number of rotatable bonds is 5. The number of anilines is 2. The van der Waals surface area contributed by atoms with Gasteiger partial charge in [0.05, 0.1) is 29.8 Å². The number of hydrogen-bond acceptors (Lipinski definition) is 5. The summed E-state index contributed by atoms with van der Waals surface area (Å²) < 4.78 is 20.7. The van der Waals surface area contributed by atoms with Crippen molar-refractivity contribution in [1.29, 1.82) is 0 Å². The highest BCUT2D eigenvalue weighted by Gasteiger charge is 2.14. The van der Waals surface area contributed by atoms with Crippen molar-refractivity contribution >= 4 is 22.5 Å². The first-order chi connectivity index (χ1) is 15.7. The van der Waals surface area contributed by atoms with Gasteiger partial charge in [-0.25, -0.2) is 13.9 Å². The molecule has 0 spiro atoms. The van der Waals surface area contributed by atoms with Crippen molar-refractivity contribution in [2.45, 2.75) is 6.54 Å². The van der Waals surface area contributed by atoms with Crippen LogP contribution in [0.25, 0.3) is 16.6 Å². The number of hydrogen-bond donors (Lipinski definition) is 1. The molecular formula is C25H23FN4O2. The van der Waals surface area contributed by atoms with Crippen molar-refractivity contribution in [2.75, 3.05) is 31.6 Å². The van der Waals surface area contributed by atoms with E-state index in [1.54, 1.807) is 0 Å². The first-order valence-corrected chi connectivity index (χ1v) is 10.6. The predicted molar refractivity (Wildman–Crippen MR) is 123 cm³/mol. The van der Waals surface area contributed by atoms with Crippen molar-refractivity contribution in [3.8, 4) is 5.69 Å². The number of ether oxygens (including phenoxy) is 1. The first-order valence-electron chi connectivity index (χ1n) is 10.6. The maximum absolute atomic E-state index is 13.8.